The third-order valence-electron chi connectivity index (χ3n) is 3.10. The summed E-state index contributed by atoms with van der Waals surface area (Å²) < 4.78 is 0. The van der Waals surface area contributed by atoms with Gasteiger partial charge < -0.3 is 5.11 Å². The summed E-state index contributed by atoms with van der Waals surface area (Å²) in [5, 5.41) is 8.46. The van der Waals surface area contributed by atoms with Crippen LogP contribution in [0.5, 0.6) is 0 Å². The van der Waals surface area contributed by atoms with E-state index in [-0.39, 0.29) is 0 Å². The van der Waals surface area contributed by atoms with Crippen LogP contribution in [0.1, 0.15) is 26.7 Å². The molecule has 1 heterocycles. The van der Waals surface area contributed by atoms with Crippen molar-refractivity contribution in [2.24, 2.45) is 5.92 Å². The molecule has 1 aliphatic heterocycles. The van der Waals surface area contributed by atoms with E-state index in [2.05, 4.69) is 18.7 Å². The molecule has 0 aromatic carbocycles. The van der Waals surface area contributed by atoms with Gasteiger partial charge in [-0.2, -0.15) is 0 Å². The number of likely N-dealkylation sites (tertiary alicyclic amines) is 1. The second kappa shape index (κ2) is 5.15. The monoisotopic (exact) mass is 197 g/mol. The largest absolute Gasteiger partial charge is 0.478 e. The van der Waals surface area contributed by atoms with Crippen molar-refractivity contribution in [1.82, 2.24) is 4.90 Å². The second-order valence-electron chi connectivity index (χ2n) is 4.10. The minimum absolute atomic E-state index is 0.571. The minimum atomic E-state index is -0.859. The molecule has 0 saturated carbocycles. The molecule has 1 aliphatic rings. The van der Waals surface area contributed by atoms with Crippen molar-refractivity contribution in [3.05, 3.63) is 12.2 Å². The van der Waals surface area contributed by atoms with E-state index in [4.69, 9.17) is 5.11 Å². The number of rotatable bonds is 3. The Bertz CT molecular complexity index is 225. The topological polar surface area (TPSA) is 40.5 Å². The average Bonchev–Trinajstić information content (AvgIpc) is 2.12. The zero-order chi connectivity index (χ0) is 10.6. The maximum absolute atomic E-state index is 10.3. The van der Waals surface area contributed by atoms with E-state index in [1.165, 1.54) is 18.9 Å². The molecule has 0 amide bonds. The lowest BCUT2D eigenvalue weighted by molar-refractivity contribution is -0.131. The molecule has 0 aromatic heterocycles. The first-order valence-electron chi connectivity index (χ1n) is 5.24. The van der Waals surface area contributed by atoms with Crippen LogP contribution < -0.4 is 0 Å². The number of carboxylic acid groups (broad SMARTS) is 1. The van der Waals surface area contributed by atoms with Crippen molar-refractivity contribution in [3.8, 4) is 0 Å². The fourth-order valence-corrected chi connectivity index (χ4v) is 1.97. The molecular weight excluding hydrogens is 178 g/mol. The first-order valence-corrected chi connectivity index (χ1v) is 5.24. The summed E-state index contributed by atoms with van der Waals surface area (Å²) in [6, 6.07) is 0.571. The molecule has 0 bridgehead atoms. The highest BCUT2D eigenvalue weighted by molar-refractivity contribution is 5.79. The molecule has 1 fully saturated rings. The number of hydrogen-bond donors (Lipinski definition) is 1. The number of carbonyl (C=O) groups is 1. The predicted octanol–water partition coefficient (Wildman–Crippen LogP) is 1.75. The Kier molecular flexibility index (Phi) is 4.14. The molecule has 80 valence electrons. The average molecular weight is 197 g/mol. The van der Waals surface area contributed by atoms with Crippen LogP contribution in [-0.2, 0) is 4.79 Å². The molecule has 14 heavy (non-hydrogen) atoms. The number of carboxylic acids is 1. The fourth-order valence-electron chi connectivity index (χ4n) is 1.97. The molecule has 2 atom stereocenters. The van der Waals surface area contributed by atoms with Crippen LogP contribution >= 0.6 is 0 Å². The maximum atomic E-state index is 10.3. The summed E-state index contributed by atoms with van der Waals surface area (Å²) in [6.45, 7) is 6.34. The third-order valence-corrected chi connectivity index (χ3v) is 3.10. The summed E-state index contributed by atoms with van der Waals surface area (Å²) in [4.78, 5) is 12.6. The number of piperidine rings is 1. The van der Waals surface area contributed by atoms with E-state index >= 15 is 0 Å². The molecule has 1 rings (SSSR count). The highest BCUT2D eigenvalue weighted by atomic mass is 16.4. The molecule has 3 nitrogen and oxygen atoms in total. The van der Waals surface area contributed by atoms with Crippen molar-refractivity contribution < 1.29 is 9.90 Å². The van der Waals surface area contributed by atoms with Gasteiger partial charge in [-0.15, -0.1) is 0 Å². The number of nitrogens with zero attached hydrogens (tertiary/aromatic N) is 1. The van der Waals surface area contributed by atoms with Crippen LogP contribution in [-0.4, -0.2) is 35.1 Å². The van der Waals surface area contributed by atoms with Gasteiger partial charge in [0.05, 0.1) is 0 Å². The third kappa shape index (κ3) is 3.14. The van der Waals surface area contributed by atoms with Crippen LogP contribution in [0.2, 0.25) is 0 Å². The molecule has 1 saturated heterocycles. The number of hydrogen-bond acceptors (Lipinski definition) is 2. The lowest BCUT2D eigenvalue weighted by Crippen LogP contribution is -2.42. The minimum Gasteiger partial charge on any atom is -0.478 e. The molecule has 3 heteroatoms. The van der Waals surface area contributed by atoms with Gasteiger partial charge in [0.15, 0.2) is 0 Å². The normalized spacial score (nSPS) is 29.6. The van der Waals surface area contributed by atoms with Gasteiger partial charge in [0, 0.05) is 18.7 Å². The molecule has 1 N–H and O–H groups in total. The molecular formula is C11H19NO2. The van der Waals surface area contributed by atoms with Crippen LogP contribution in [0.3, 0.4) is 0 Å². The van der Waals surface area contributed by atoms with Crippen molar-refractivity contribution in [1.29, 1.82) is 0 Å². The van der Waals surface area contributed by atoms with Crippen molar-refractivity contribution >= 4 is 5.97 Å². The Balaban J connectivity index is 2.39. The molecule has 2 unspecified atom stereocenters. The van der Waals surface area contributed by atoms with E-state index in [1.807, 2.05) is 0 Å². The van der Waals surface area contributed by atoms with E-state index in [1.54, 1.807) is 6.08 Å². The fraction of sp³-hybridized carbons (Fsp3) is 0.727. The Morgan fingerprint density at radius 3 is 2.93 bits per heavy atom. The predicted molar refractivity (Wildman–Crippen MR) is 56.2 cm³/mol. The van der Waals surface area contributed by atoms with Crippen molar-refractivity contribution in [3.63, 3.8) is 0 Å². The zero-order valence-electron chi connectivity index (χ0n) is 8.94. The van der Waals surface area contributed by atoms with Gasteiger partial charge in [-0.1, -0.05) is 13.0 Å². The number of aliphatic carboxylic acids is 1. The Labute approximate surface area is 85.4 Å². The van der Waals surface area contributed by atoms with Crippen LogP contribution in [0.4, 0.5) is 0 Å². The Morgan fingerprint density at radius 2 is 2.29 bits per heavy atom. The quantitative estimate of drug-likeness (QED) is 0.701. The van der Waals surface area contributed by atoms with Crippen molar-refractivity contribution in [2.45, 2.75) is 32.7 Å². The first-order chi connectivity index (χ1) is 6.61. The summed E-state index contributed by atoms with van der Waals surface area (Å²) in [5.74, 6) is -0.135. The van der Waals surface area contributed by atoms with E-state index < -0.39 is 5.97 Å². The lowest BCUT2D eigenvalue weighted by Gasteiger charge is -2.37. The second-order valence-corrected chi connectivity index (χ2v) is 4.10. The van der Waals surface area contributed by atoms with E-state index in [0.29, 0.717) is 6.04 Å². The van der Waals surface area contributed by atoms with Gasteiger partial charge in [-0.3, -0.25) is 4.90 Å². The zero-order valence-corrected chi connectivity index (χ0v) is 8.94. The molecule has 0 aromatic rings. The summed E-state index contributed by atoms with van der Waals surface area (Å²) >= 11 is 0. The Morgan fingerprint density at radius 1 is 1.57 bits per heavy atom. The first kappa shape index (κ1) is 11.2. The van der Waals surface area contributed by atoms with Gasteiger partial charge in [0.2, 0.25) is 0 Å². The molecule has 0 spiro atoms. The van der Waals surface area contributed by atoms with Crippen LogP contribution in [0, 0.1) is 5.92 Å². The lowest BCUT2D eigenvalue weighted by atomic mass is 9.92. The summed E-state index contributed by atoms with van der Waals surface area (Å²) in [5.41, 5.74) is 0. The standard InChI is InChI=1S/C11H19NO2/c1-9-5-3-7-12(10(9)2)8-4-6-11(13)14/h4,6,9-10H,3,5,7-8H2,1-2H3,(H,13,14). The van der Waals surface area contributed by atoms with Crippen molar-refractivity contribution in [2.75, 3.05) is 13.1 Å². The maximum Gasteiger partial charge on any atom is 0.328 e. The van der Waals surface area contributed by atoms with Gasteiger partial charge in [-0.25, -0.2) is 4.79 Å². The summed E-state index contributed by atoms with van der Waals surface area (Å²) in [7, 11) is 0. The Hall–Kier alpha value is -0.830. The van der Waals surface area contributed by atoms with Gasteiger partial charge in [0.25, 0.3) is 0 Å². The molecule has 0 aliphatic carbocycles. The smallest absolute Gasteiger partial charge is 0.328 e. The SMILES string of the molecule is CC1CCCN(CC=CC(=O)O)C1C. The van der Waals surface area contributed by atoms with E-state index in [0.717, 1.165) is 19.0 Å². The van der Waals surface area contributed by atoms with E-state index in [9.17, 15) is 4.79 Å². The van der Waals surface area contributed by atoms with Crippen LogP contribution in [0.25, 0.3) is 0 Å². The van der Waals surface area contributed by atoms with Crippen LogP contribution in [0.15, 0.2) is 12.2 Å². The summed E-state index contributed by atoms with van der Waals surface area (Å²) in [6.07, 6.45) is 5.48. The highest BCUT2D eigenvalue weighted by Gasteiger charge is 2.23. The van der Waals surface area contributed by atoms with Gasteiger partial charge in [0.1, 0.15) is 0 Å². The highest BCUT2D eigenvalue weighted by Crippen LogP contribution is 2.22. The van der Waals surface area contributed by atoms with Gasteiger partial charge >= 0.3 is 5.97 Å². The molecule has 0 radical (unpaired) electrons. The van der Waals surface area contributed by atoms with Gasteiger partial charge in [-0.05, 0) is 32.2 Å².